The topological polar surface area (TPSA) is 62.3 Å². The van der Waals surface area contributed by atoms with E-state index in [4.69, 9.17) is 4.98 Å². The van der Waals surface area contributed by atoms with E-state index in [1.54, 1.807) is 7.05 Å². The van der Waals surface area contributed by atoms with Gasteiger partial charge >= 0.3 is 0 Å². The van der Waals surface area contributed by atoms with Gasteiger partial charge < -0.3 is 10.2 Å². The zero-order valence-electron chi connectivity index (χ0n) is 15.6. The summed E-state index contributed by atoms with van der Waals surface area (Å²) in [6, 6.07) is 19.8. The van der Waals surface area contributed by atoms with Crippen LogP contribution >= 0.6 is 11.3 Å². The smallest absolute Gasteiger partial charge is 0.266 e. The normalized spacial score (nSPS) is 13.2. The lowest BCUT2D eigenvalue weighted by Crippen LogP contribution is -2.39. The van der Waals surface area contributed by atoms with Crippen molar-refractivity contribution in [2.45, 2.75) is 18.9 Å². The number of carbonyl (C=O) groups excluding carboxylic acids is 2. The standard InChI is InChI=1S/C22H21N3O2S/c1-25(14-18(26)23-17-12-13-17)22(27)20-19(15-8-4-2-5-9-15)24-21(28-20)16-10-6-3-7-11-16/h2-11,17H,12-14H2,1H3,(H,23,26). The number of rotatable bonds is 6. The van der Waals surface area contributed by atoms with Crippen molar-refractivity contribution in [3.8, 4) is 21.8 Å². The second-order valence-electron chi connectivity index (χ2n) is 6.93. The molecule has 1 fully saturated rings. The summed E-state index contributed by atoms with van der Waals surface area (Å²) >= 11 is 1.36. The molecule has 0 radical (unpaired) electrons. The molecule has 28 heavy (non-hydrogen) atoms. The lowest BCUT2D eigenvalue weighted by atomic mass is 10.1. The summed E-state index contributed by atoms with van der Waals surface area (Å²) in [6.45, 7) is 0.0438. The van der Waals surface area contributed by atoms with Crippen LogP contribution in [0.1, 0.15) is 22.5 Å². The molecule has 0 unspecified atom stereocenters. The minimum absolute atomic E-state index is 0.0438. The molecule has 0 spiro atoms. The molecule has 0 bridgehead atoms. The summed E-state index contributed by atoms with van der Waals surface area (Å²) in [7, 11) is 1.66. The van der Waals surface area contributed by atoms with Crippen molar-refractivity contribution < 1.29 is 9.59 Å². The van der Waals surface area contributed by atoms with Gasteiger partial charge in [-0.05, 0) is 12.8 Å². The molecule has 0 aliphatic heterocycles. The van der Waals surface area contributed by atoms with E-state index in [1.165, 1.54) is 16.2 Å². The monoisotopic (exact) mass is 391 g/mol. The van der Waals surface area contributed by atoms with E-state index in [9.17, 15) is 9.59 Å². The third kappa shape index (κ3) is 4.12. The third-order valence-electron chi connectivity index (χ3n) is 4.56. The lowest BCUT2D eigenvalue weighted by molar-refractivity contribution is -0.121. The number of thiazole rings is 1. The summed E-state index contributed by atoms with van der Waals surface area (Å²) in [5, 5.41) is 3.71. The number of hydrogen-bond acceptors (Lipinski definition) is 4. The van der Waals surface area contributed by atoms with Gasteiger partial charge in [0.15, 0.2) is 0 Å². The first-order chi connectivity index (χ1) is 13.6. The van der Waals surface area contributed by atoms with E-state index in [0.717, 1.165) is 29.0 Å². The summed E-state index contributed by atoms with van der Waals surface area (Å²) < 4.78 is 0. The predicted molar refractivity (Wildman–Crippen MR) is 111 cm³/mol. The SMILES string of the molecule is CN(CC(=O)NC1CC1)C(=O)c1sc(-c2ccccc2)nc1-c1ccccc1. The van der Waals surface area contributed by atoms with Crippen molar-refractivity contribution in [3.63, 3.8) is 0 Å². The van der Waals surface area contributed by atoms with Crippen LogP contribution in [0.15, 0.2) is 60.7 Å². The highest BCUT2D eigenvalue weighted by Crippen LogP contribution is 2.34. The molecule has 2 amide bonds. The van der Waals surface area contributed by atoms with Crippen molar-refractivity contribution >= 4 is 23.2 Å². The molecule has 1 aliphatic rings. The fraction of sp³-hybridized carbons (Fsp3) is 0.227. The van der Waals surface area contributed by atoms with Crippen LogP contribution in [0.3, 0.4) is 0 Å². The molecule has 2 aromatic carbocycles. The van der Waals surface area contributed by atoms with Crippen LogP contribution in [-0.4, -0.2) is 41.3 Å². The fourth-order valence-corrected chi connectivity index (χ4v) is 4.01. The molecule has 1 heterocycles. The first-order valence-corrected chi connectivity index (χ1v) is 10.1. The quantitative estimate of drug-likeness (QED) is 0.695. The van der Waals surface area contributed by atoms with Gasteiger partial charge in [-0.25, -0.2) is 4.98 Å². The largest absolute Gasteiger partial charge is 0.352 e. The molecule has 6 heteroatoms. The van der Waals surface area contributed by atoms with Crippen LogP contribution in [-0.2, 0) is 4.79 Å². The second kappa shape index (κ2) is 7.94. The van der Waals surface area contributed by atoms with E-state index in [2.05, 4.69) is 5.32 Å². The molecule has 1 aromatic heterocycles. The highest BCUT2D eigenvalue weighted by molar-refractivity contribution is 7.17. The maximum absolute atomic E-state index is 13.1. The maximum atomic E-state index is 13.1. The number of hydrogen-bond donors (Lipinski definition) is 1. The van der Waals surface area contributed by atoms with Gasteiger partial charge in [0, 0.05) is 24.2 Å². The Balaban J connectivity index is 1.65. The molecule has 5 nitrogen and oxygen atoms in total. The molecule has 0 saturated heterocycles. The molecular formula is C22H21N3O2S. The number of amides is 2. The van der Waals surface area contributed by atoms with Crippen molar-refractivity contribution in [3.05, 3.63) is 65.5 Å². The first kappa shape index (κ1) is 18.4. The van der Waals surface area contributed by atoms with Gasteiger partial charge in [-0.15, -0.1) is 11.3 Å². The summed E-state index contributed by atoms with van der Waals surface area (Å²) in [4.78, 5) is 32.0. The maximum Gasteiger partial charge on any atom is 0.266 e. The molecule has 1 saturated carbocycles. The average Bonchev–Trinajstić information content (AvgIpc) is 3.42. The molecule has 1 aliphatic carbocycles. The Morgan fingerprint density at radius 1 is 1.04 bits per heavy atom. The van der Waals surface area contributed by atoms with Crippen LogP contribution in [0.25, 0.3) is 21.8 Å². The zero-order valence-corrected chi connectivity index (χ0v) is 16.4. The minimum atomic E-state index is -0.190. The number of benzene rings is 2. The van der Waals surface area contributed by atoms with Crippen LogP contribution in [0.2, 0.25) is 0 Å². The van der Waals surface area contributed by atoms with Crippen molar-refractivity contribution in [2.24, 2.45) is 0 Å². The van der Waals surface area contributed by atoms with Crippen molar-refractivity contribution in [1.29, 1.82) is 0 Å². The lowest BCUT2D eigenvalue weighted by Gasteiger charge is -2.16. The number of likely N-dealkylation sites (N-methyl/N-ethyl adjacent to an activating group) is 1. The number of nitrogens with zero attached hydrogens (tertiary/aromatic N) is 2. The Kier molecular flexibility index (Phi) is 5.21. The van der Waals surface area contributed by atoms with E-state index in [0.29, 0.717) is 10.6 Å². The van der Waals surface area contributed by atoms with Crippen molar-refractivity contribution in [2.75, 3.05) is 13.6 Å². The van der Waals surface area contributed by atoms with Crippen molar-refractivity contribution in [1.82, 2.24) is 15.2 Å². The molecule has 1 N–H and O–H groups in total. The van der Waals surface area contributed by atoms with Gasteiger partial charge in [0.25, 0.3) is 5.91 Å². The summed E-state index contributed by atoms with van der Waals surface area (Å²) in [5.74, 6) is -0.308. The van der Waals surface area contributed by atoms with Gasteiger partial charge in [-0.2, -0.15) is 0 Å². The molecule has 142 valence electrons. The average molecular weight is 391 g/mol. The molecule has 4 rings (SSSR count). The van der Waals surface area contributed by atoms with Crippen LogP contribution < -0.4 is 5.32 Å². The fourth-order valence-electron chi connectivity index (χ4n) is 2.92. The Hall–Kier alpha value is -2.99. The summed E-state index contributed by atoms with van der Waals surface area (Å²) in [5.41, 5.74) is 2.52. The molecule has 3 aromatic rings. The van der Waals surface area contributed by atoms with E-state index in [1.807, 2.05) is 60.7 Å². The highest BCUT2D eigenvalue weighted by Gasteiger charge is 2.27. The third-order valence-corrected chi connectivity index (χ3v) is 5.65. The molecule has 0 atom stereocenters. The number of carbonyl (C=O) groups is 2. The second-order valence-corrected chi connectivity index (χ2v) is 7.93. The van der Waals surface area contributed by atoms with Gasteiger partial charge in [-0.1, -0.05) is 60.7 Å². The van der Waals surface area contributed by atoms with Gasteiger partial charge in [-0.3, -0.25) is 9.59 Å². The Morgan fingerprint density at radius 2 is 1.64 bits per heavy atom. The van der Waals surface area contributed by atoms with E-state index in [-0.39, 0.29) is 24.4 Å². The van der Waals surface area contributed by atoms with Gasteiger partial charge in [0.1, 0.15) is 9.88 Å². The van der Waals surface area contributed by atoms with E-state index >= 15 is 0 Å². The van der Waals surface area contributed by atoms with Gasteiger partial charge in [0.05, 0.1) is 12.2 Å². The van der Waals surface area contributed by atoms with Crippen LogP contribution in [0.4, 0.5) is 0 Å². The Morgan fingerprint density at radius 3 is 2.25 bits per heavy atom. The van der Waals surface area contributed by atoms with E-state index < -0.39 is 0 Å². The Labute approximate surface area is 168 Å². The van der Waals surface area contributed by atoms with Crippen LogP contribution in [0.5, 0.6) is 0 Å². The summed E-state index contributed by atoms with van der Waals surface area (Å²) in [6.07, 6.45) is 2.05. The minimum Gasteiger partial charge on any atom is -0.352 e. The van der Waals surface area contributed by atoms with Gasteiger partial charge in [0.2, 0.25) is 5.91 Å². The zero-order chi connectivity index (χ0) is 19.5. The highest BCUT2D eigenvalue weighted by atomic mass is 32.1. The molecular weight excluding hydrogens is 370 g/mol. The predicted octanol–water partition coefficient (Wildman–Crippen LogP) is 3.83. The first-order valence-electron chi connectivity index (χ1n) is 9.28. The van der Waals surface area contributed by atoms with Crippen LogP contribution in [0, 0.1) is 0 Å². The Bertz CT molecular complexity index is 982. The number of aromatic nitrogens is 1. The number of nitrogens with one attached hydrogen (secondary N) is 1.